The lowest BCUT2D eigenvalue weighted by Crippen LogP contribution is -2.28. The maximum Gasteiger partial charge on any atom is 0.305 e. The van der Waals surface area contributed by atoms with Crippen LogP contribution >= 0.6 is 15.9 Å². The SMILES string of the molecule is CN(CCC(=O)O)C(=O)c1coc(Br)c1. The van der Waals surface area contributed by atoms with Gasteiger partial charge in [0.15, 0.2) is 4.67 Å². The first-order valence-corrected chi connectivity index (χ1v) is 5.01. The molecule has 1 N–H and O–H groups in total. The molecule has 6 heteroatoms. The van der Waals surface area contributed by atoms with Gasteiger partial charge in [0.1, 0.15) is 6.26 Å². The van der Waals surface area contributed by atoms with Gasteiger partial charge in [-0.1, -0.05) is 0 Å². The van der Waals surface area contributed by atoms with Crippen LogP contribution in [0.5, 0.6) is 0 Å². The largest absolute Gasteiger partial charge is 0.481 e. The molecule has 0 fully saturated rings. The first-order valence-electron chi connectivity index (χ1n) is 4.22. The van der Waals surface area contributed by atoms with Crippen LogP contribution in [0.4, 0.5) is 0 Å². The van der Waals surface area contributed by atoms with Crippen molar-refractivity contribution in [3.8, 4) is 0 Å². The van der Waals surface area contributed by atoms with E-state index in [1.165, 1.54) is 11.2 Å². The lowest BCUT2D eigenvalue weighted by molar-refractivity contribution is -0.137. The zero-order valence-corrected chi connectivity index (χ0v) is 9.65. The van der Waals surface area contributed by atoms with E-state index in [1.54, 1.807) is 13.1 Å². The van der Waals surface area contributed by atoms with Crippen molar-refractivity contribution in [1.29, 1.82) is 0 Å². The molecule has 0 aromatic carbocycles. The van der Waals surface area contributed by atoms with Gasteiger partial charge in [0.2, 0.25) is 0 Å². The average molecular weight is 276 g/mol. The number of aliphatic carboxylic acids is 1. The number of amides is 1. The molecule has 0 bridgehead atoms. The maximum absolute atomic E-state index is 11.6. The van der Waals surface area contributed by atoms with E-state index in [-0.39, 0.29) is 18.9 Å². The van der Waals surface area contributed by atoms with E-state index >= 15 is 0 Å². The Morgan fingerprint density at radius 3 is 2.73 bits per heavy atom. The molecule has 1 aromatic heterocycles. The smallest absolute Gasteiger partial charge is 0.305 e. The fraction of sp³-hybridized carbons (Fsp3) is 0.333. The molecule has 15 heavy (non-hydrogen) atoms. The Hall–Kier alpha value is -1.30. The van der Waals surface area contributed by atoms with E-state index in [4.69, 9.17) is 9.52 Å². The number of carboxylic acids is 1. The molecule has 0 saturated carbocycles. The lowest BCUT2D eigenvalue weighted by Gasteiger charge is -2.14. The Morgan fingerprint density at radius 2 is 2.27 bits per heavy atom. The van der Waals surface area contributed by atoms with Gasteiger partial charge in [0.05, 0.1) is 12.0 Å². The Balaban J connectivity index is 2.57. The molecular weight excluding hydrogens is 266 g/mol. The van der Waals surface area contributed by atoms with Crippen molar-refractivity contribution in [2.45, 2.75) is 6.42 Å². The van der Waals surface area contributed by atoms with Crippen molar-refractivity contribution in [3.63, 3.8) is 0 Å². The van der Waals surface area contributed by atoms with E-state index in [1.807, 2.05) is 0 Å². The number of carbonyl (C=O) groups is 2. The summed E-state index contributed by atoms with van der Waals surface area (Å²) in [6, 6.07) is 1.54. The third kappa shape index (κ3) is 3.39. The third-order valence-electron chi connectivity index (χ3n) is 1.82. The number of rotatable bonds is 4. The molecule has 5 nitrogen and oxygen atoms in total. The summed E-state index contributed by atoms with van der Waals surface area (Å²) in [6.45, 7) is 0.178. The first-order chi connectivity index (χ1) is 7.00. The van der Waals surface area contributed by atoms with Crippen molar-refractivity contribution in [2.75, 3.05) is 13.6 Å². The monoisotopic (exact) mass is 275 g/mol. The van der Waals surface area contributed by atoms with Gasteiger partial charge in [-0.05, 0) is 15.9 Å². The van der Waals surface area contributed by atoms with Gasteiger partial charge in [-0.3, -0.25) is 9.59 Å². The van der Waals surface area contributed by atoms with Crippen LogP contribution in [0.15, 0.2) is 21.4 Å². The molecule has 0 spiro atoms. The van der Waals surface area contributed by atoms with E-state index < -0.39 is 5.97 Å². The van der Waals surface area contributed by atoms with Gasteiger partial charge in [0.25, 0.3) is 5.91 Å². The summed E-state index contributed by atoms with van der Waals surface area (Å²) >= 11 is 3.08. The molecule has 1 heterocycles. The second kappa shape index (κ2) is 4.97. The number of hydrogen-bond acceptors (Lipinski definition) is 3. The van der Waals surface area contributed by atoms with Crippen LogP contribution in [0.3, 0.4) is 0 Å². The lowest BCUT2D eigenvalue weighted by atomic mass is 10.3. The van der Waals surface area contributed by atoms with Crippen molar-refractivity contribution in [2.24, 2.45) is 0 Å². The van der Waals surface area contributed by atoms with Crippen LogP contribution in [0, 0.1) is 0 Å². The van der Waals surface area contributed by atoms with Gasteiger partial charge in [0, 0.05) is 19.7 Å². The summed E-state index contributed by atoms with van der Waals surface area (Å²) < 4.78 is 5.38. The van der Waals surface area contributed by atoms with Crippen LogP contribution in [-0.4, -0.2) is 35.5 Å². The quantitative estimate of drug-likeness (QED) is 0.906. The number of halogens is 1. The van der Waals surface area contributed by atoms with Crippen LogP contribution in [0.25, 0.3) is 0 Å². The molecule has 0 radical (unpaired) electrons. The zero-order chi connectivity index (χ0) is 11.4. The Morgan fingerprint density at radius 1 is 1.60 bits per heavy atom. The highest BCUT2D eigenvalue weighted by atomic mass is 79.9. The highest BCUT2D eigenvalue weighted by molar-refractivity contribution is 9.10. The maximum atomic E-state index is 11.6. The molecule has 0 unspecified atom stereocenters. The van der Waals surface area contributed by atoms with Crippen molar-refractivity contribution in [3.05, 3.63) is 22.6 Å². The molecule has 0 atom stereocenters. The standard InChI is InChI=1S/C9H10BrNO4/c1-11(3-2-8(12)13)9(14)6-4-7(10)15-5-6/h4-5H,2-3H2,1H3,(H,12,13). The zero-order valence-electron chi connectivity index (χ0n) is 8.07. The Labute approximate surface area is 94.8 Å². The second-order valence-electron chi connectivity index (χ2n) is 3.01. The minimum Gasteiger partial charge on any atom is -0.481 e. The molecule has 1 aromatic rings. The van der Waals surface area contributed by atoms with Gasteiger partial charge >= 0.3 is 5.97 Å². The van der Waals surface area contributed by atoms with E-state index in [9.17, 15) is 9.59 Å². The van der Waals surface area contributed by atoms with Gasteiger partial charge in [-0.2, -0.15) is 0 Å². The molecule has 0 aliphatic carbocycles. The van der Waals surface area contributed by atoms with Gasteiger partial charge < -0.3 is 14.4 Å². The molecule has 82 valence electrons. The highest BCUT2D eigenvalue weighted by Crippen LogP contribution is 2.15. The molecular formula is C9H10BrNO4. The summed E-state index contributed by atoms with van der Waals surface area (Å²) in [5.74, 6) is -1.19. The summed E-state index contributed by atoms with van der Waals surface area (Å²) in [5, 5.41) is 8.45. The average Bonchev–Trinajstić information content (AvgIpc) is 2.60. The highest BCUT2D eigenvalue weighted by Gasteiger charge is 2.14. The number of hydrogen-bond donors (Lipinski definition) is 1. The molecule has 1 amide bonds. The molecule has 0 aliphatic heterocycles. The van der Waals surface area contributed by atoms with Crippen LogP contribution in [0.2, 0.25) is 0 Å². The summed E-state index contributed by atoms with van der Waals surface area (Å²) in [5.41, 5.74) is 0.398. The number of furan rings is 1. The van der Waals surface area contributed by atoms with E-state index in [2.05, 4.69) is 15.9 Å². The number of carboxylic acid groups (broad SMARTS) is 1. The van der Waals surface area contributed by atoms with Crippen molar-refractivity contribution >= 4 is 27.8 Å². The fourth-order valence-corrected chi connectivity index (χ4v) is 1.35. The fourth-order valence-electron chi connectivity index (χ4n) is 1.01. The van der Waals surface area contributed by atoms with Gasteiger partial charge in [-0.25, -0.2) is 0 Å². The second-order valence-corrected chi connectivity index (χ2v) is 3.79. The van der Waals surface area contributed by atoms with E-state index in [0.29, 0.717) is 10.2 Å². The summed E-state index contributed by atoms with van der Waals surface area (Å²) in [6.07, 6.45) is 1.25. The minimum absolute atomic E-state index is 0.0682. The van der Waals surface area contributed by atoms with Crippen LogP contribution in [-0.2, 0) is 4.79 Å². The Kier molecular flexibility index (Phi) is 3.90. The van der Waals surface area contributed by atoms with E-state index in [0.717, 1.165) is 0 Å². The van der Waals surface area contributed by atoms with Crippen molar-refractivity contribution in [1.82, 2.24) is 4.90 Å². The predicted octanol–water partition coefficient (Wildman–Crippen LogP) is 1.59. The third-order valence-corrected chi connectivity index (χ3v) is 2.24. The molecule has 0 aliphatic rings. The van der Waals surface area contributed by atoms with Crippen molar-refractivity contribution < 1.29 is 19.1 Å². The molecule has 1 rings (SSSR count). The number of carbonyl (C=O) groups excluding carboxylic acids is 1. The topological polar surface area (TPSA) is 70.8 Å². The number of nitrogens with zero attached hydrogens (tertiary/aromatic N) is 1. The first kappa shape index (κ1) is 11.8. The summed E-state index contributed by atoms with van der Waals surface area (Å²) in [7, 11) is 1.55. The van der Waals surface area contributed by atoms with Crippen LogP contribution < -0.4 is 0 Å². The molecule has 0 saturated heterocycles. The van der Waals surface area contributed by atoms with Crippen LogP contribution in [0.1, 0.15) is 16.8 Å². The normalized spacial score (nSPS) is 10.0. The minimum atomic E-state index is -0.928. The van der Waals surface area contributed by atoms with Gasteiger partial charge in [-0.15, -0.1) is 0 Å². The Bertz CT molecular complexity index is 374. The predicted molar refractivity (Wildman–Crippen MR) is 55.6 cm³/mol. The summed E-state index contributed by atoms with van der Waals surface area (Å²) in [4.78, 5) is 23.3.